The molecule has 0 radical (unpaired) electrons. The molecule has 2 aliphatic heterocycles. The highest BCUT2D eigenvalue weighted by Gasteiger charge is 2.29. The van der Waals surface area contributed by atoms with E-state index in [1.165, 1.54) is 16.2 Å². The Labute approximate surface area is 194 Å². The number of thioether (sulfide) groups is 1. The molecule has 2 heterocycles. The van der Waals surface area contributed by atoms with Crippen LogP contribution in [0.3, 0.4) is 0 Å². The van der Waals surface area contributed by atoms with E-state index in [-0.39, 0.29) is 0 Å². The normalized spacial score (nSPS) is 24.5. The Bertz CT molecular complexity index is 920. The van der Waals surface area contributed by atoms with Crippen LogP contribution in [-0.2, 0) is 0 Å². The smallest absolute Gasteiger partial charge is 0.0612 e. The number of benzene rings is 2. The summed E-state index contributed by atoms with van der Waals surface area (Å²) in [5.41, 5.74) is 3.77. The van der Waals surface area contributed by atoms with Gasteiger partial charge in [0.25, 0.3) is 0 Å². The zero-order valence-electron chi connectivity index (χ0n) is 17.8. The molecule has 2 aromatic carbocycles. The van der Waals surface area contributed by atoms with Gasteiger partial charge in [-0.15, -0.1) is 11.8 Å². The van der Waals surface area contributed by atoms with Gasteiger partial charge in [0.1, 0.15) is 0 Å². The molecule has 0 N–H and O–H groups in total. The third kappa shape index (κ3) is 4.77. The SMILES string of the molecule is CC1CN(C)CC(C)N1c1ccccc1C=C1CN(c2ccc(Cl)c(Cl)c2)CCS1. The number of anilines is 2. The lowest BCUT2D eigenvalue weighted by atomic mass is 10.0. The summed E-state index contributed by atoms with van der Waals surface area (Å²) in [4.78, 5) is 8.79. The maximum absolute atomic E-state index is 6.26. The Balaban J connectivity index is 1.59. The molecule has 0 spiro atoms. The van der Waals surface area contributed by atoms with Gasteiger partial charge in [-0.2, -0.15) is 0 Å². The highest BCUT2D eigenvalue weighted by Crippen LogP contribution is 2.34. The molecule has 2 unspecified atom stereocenters. The second-order valence-corrected chi connectivity index (χ2v) is 10.4. The standard InChI is InChI=1S/C24H29Cl2N3S/c1-17-14-27(3)15-18(2)29(17)24-7-5-4-6-19(24)12-21-16-28(10-11-30-21)20-8-9-22(25)23(26)13-20/h4-9,12-13,17-18H,10-11,14-16H2,1-3H3. The summed E-state index contributed by atoms with van der Waals surface area (Å²) in [5, 5.41) is 1.22. The van der Waals surface area contributed by atoms with Gasteiger partial charge in [0, 0.05) is 60.3 Å². The lowest BCUT2D eigenvalue weighted by Gasteiger charge is -2.45. The van der Waals surface area contributed by atoms with Gasteiger partial charge in [0.05, 0.1) is 10.0 Å². The van der Waals surface area contributed by atoms with Crippen LogP contribution in [-0.4, -0.2) is 56.0 Å². The molecule has 2 saturated heterocycles. The predicted octanol–water partition coefficient (Wildman–Crippen LogP) is 6.12. The van der Waals surface area contributed by atoms with Crippen LogP contribution in [0, 0.1) is 0 Å². The minimum absolute atomic E-state index is 0.491. The lowest BCUT2D eigenvalue weighted by molar-refractivity contribution is 0.240. The molecule has 0 saturated carbocycles. The van der Waals surface area contributed by atoms with Crippen molar-refractivity contribution in [3.05, 3.63) is 63.0 Å². The number of likely N-dealkylation sites (N-methyl/N-ethyl adjacent to an activating group) is 1. The van der Waals surface area contributed by atoms with Gasteiger partial charge in [0.15, 0.2) is 0 Å². The zero-order valence-corrected chi connectivity index (χ0v) is 20.1. The summed E-state index contributed by atoms with van der Waals surface area (Å²) in [6.45, 7) is 8.75. The van der Waals surface area contributed by atoms with Crippen molar-refractivity contribution in [2.45, 2.75) is 25.9 Å². The molecule has 160 valence electrons. The molecule has 2 aliphatic rings. The monoisotopic (exact) mass is 461 g/mol. The minimum Gasteiger partial charge on any atom is -0.366 e. The van der Waals surface area contributed by atoms with Crippen molar-refractivity contribution < 1.29 is 0 Å². The van der Waals surface area contributed by atoms with Gasteiger partial charge in [-0.05, 0) is 56.8 Å². The molecule has 4 rings (SSSR count). The molecule has 0 bridgehead atoms. The third-order valence-electron chi connectivity index (χ3n) is 5.90. The van der Waals surface area contributed by atoms with Crippen LogP contribution in [0.15, 0.2) is 47.4 Å². The molecule has 6 heteroatoms. The fourth-order valence-electron chi connectivity index (χ4n) is 4.67. The van der Waals surface area contributed by atoms with Gasteiger partial charge in [-0.3, -0.25) is 0 Å². The Morgan fingerprint density at radius 1 is 1.00 bits per heavy atom. The Kier molecular flexibility index (Phi) is 6.88. The van der Waals surface area contributed by atoms with E-state index in [9.17, 15) is 0 Å². The molecule has 0 aliphatic carbocycles. The van der Waals surface area contributed by atoms with E-state index >= 15 is 0 Å². The number of hydrogen-bond acceptors (Lipinski definition) is 4. The second kappa shape index (κ2) is 9.44. The van der Waals surface area contributed by atoms with Gasteiger partial charge in [-0.25, -0.2) is 0 Å². The molecular formula is C24H29Cl2N3S. The average molecular weight is 462 g/mol. The van der Waals surface area contributed by atoms with Crippen LogP contribution in [0.4, 0.5) is 11.4 Å². The Morgan fingerprint density at radius 3 is 2.47 bits per heavy atom. The van der Waals surface area contributed by atoms with E-state index in [0.29, 0.717) is 22.1 Å². The summed E-state index contributed by atoms with van der Waals surface area (Å²) in [7, 11) is 2.22. The maximum Gasteiger partial charge on any atom is 0.0612 e. The summed E-state index contributed by atoms with van der Waals surface area (Å²) in [5.74, 6) is 1.07. The van der Waals surface area contributed by atoms with Crippen LogP contribution in [0.25, 0.3) is 6.08 Å². The largest absolute Gasteiger partial charge is 0.366 e. The quantitative estimate of drug-likeness (QED) is 0.544. The Morgan fingerprint density at radius 2 is 1.73 bits per heavy atom. The first-order valence-electron chi connectivity index (χ1n) is 10.5. The van der Waals surface area contributed by atoms with Crippen LogP contribution in [0.5, 0.6) is 0 Å². The zero-order chi connectivity index (χ0) is 21.3. The van der Waals surface area contributed by atoms with Crippen molar-refractivity contribution in [3.8, 4) is 0 Å². The molecule has 2 fully saturated rings. The molecular weight excluding hydrogens is 433 g/mol. The highest BCUT2D eigenvalue weighted by atomic mass is 35.5. The Hall–Kier alpha value is -1.33. The maximum atomic E-state index is 6.26. The number of nitrogens with zero attached hydrogens (tertiary/aromatic N) is 3. The van der Waals surface area contributed by atoms with Crippen LogP contribution in [0.1, 0.15) is 19.4 Å². The van der Waals surface area contributed by atoms with Crippen molar-refractivity contribution in [2.75, 3.05) is 48.8 Å². The first-order valence-corrected chi connectivity index (χ1v) is 12.3. The fraction of sp³-hybridized carbons (Fsp3) is 0.417. The van der Waals surface area contributed by atoms with Gasteiger partial charge in [0.2, 0.25) is 0 Å². The first-order chi connectivity index (χ1) is 14.4. The highest BCUT2D eigenvalue weighted by molar-refractivity contribution is 8.03. The lowest BCUT2D eigenvalue weighted by Crippen LogP contribution is -2.55. The van der Waals surface area contributed by atoms with E-state index in [2.05, 4.69) is 72.0 Å². The molecule has 0 amide bonds. The van der Waals surface area contributed by atoms with Crippen LogP contribution < -0.4 is 9.80 Å². The number of piperazine rings is 1. The third-order valence-corrected chi connectivity index (χ3v) is 7.64. The van der Waals surface area contributed by atoms with Crippen molar-refractivity contribution in [1.29, 1.82) is 0 Å². The van der Waals surface area contributed by atoms with E-state index in [4.69, 9.17) is 23.2 Å². The average Bonchev–Trinajstić information content (AvgIpc) is 2.71. The minimum atomic E-state index is 0.491. The van der Waals surface area contributed by atoms with Crippen molar-refractivity contribution in [3.63, 3.8) is 0 Å². The summed E-state index contributed by atoms with van der Waals surface area (Å²) in [6.07, 6.45) is 2.38. The van der Waals surface area contributed by atoms with E-state index < -0.39 is 0 Å². The van der Waals surface area contributed by atoms with Gasteiger partial charge < -0.3 is 14.7 Å². The number of hydrogen-bond donors (Lipinski definition) is 0. The van der Waals surface area contributed by atoms with E-state index in [1.807, 2.05) is 23.9 Å². The van der Waals surface area contributed by atoms with Gasteiger partial charge in [-0.1, -0.05) is 41.4 Å². The van der Waals surface area contributed by atoms with Gasteiger partial charge >= 0.3 is 0 Å². The molecule has 3 nitrogen and oxygen atoms in total. The topological polar surface area (TPSA) is 9.72 Å². The summed E-state index contributed by atoms with van der Waals surface area (Å²) >= 11 is 14.3. The van der Waals surface area contributed by atoms with Crippen molar-refractivity contribution in [2.24, 2.45) is 0 Å². The predicted molar refractivity (Wildman–Crippen MR) is 134 cm³/mol. The second-order valence-electron chi connectivity index (χ2n) is 8.36. The number of rotatable bonds is 3. The van der Waals surface area contributed by atoms with Crippen LogP contribution in [0.2, 0.25) is 10.0 Å². The van der Waals surface area contributed by atoms with E-state index in [1.54, 1.807) is 0 Å². The van der Waals surface area contributed by atoms with Crippen molar-refractivity contribution >= 4 is 52.4 Å². The fourth-order valence-corrected chi connectivity index (χ4v) is 5.99. The molecule has 2 aromatic rings. The molecule has 2 atom stereocenters. The molecule has 0 aromatic heterocycles. The summed E-state index contributed by atoms with van der Waals surface area (Å²) in [6, 6.07) is 15.7. The van der Waals surface area contributed by atoms with E-state index in [0.717, 1.165) is 37.6 Å². The van der Waals surface area contributed by atoms with Crippen molar-refractivity contribution in [1.82, 2.24) is 4.90 Å². The number of para-hydroxylation sites is 1. The molecule has 30 heavy (non-hydrogen) atoms. The number of halogens is 2. The van der Waals surface area contributed by atoms with Crippen LogP contribution >= 0.6 is 35.0 Å². The summed E-state index contributed by atoms with van der Waals surface area (Å²) < 4.78 is 0. The first kappa shape index (κ1) is 21.9.